The SMILES string of the molecule is NC(=O)N1CCN(c2ccc(-c3cc4cc(c3)Nc3ncc(Cl)c(n3)Nc3cccc(c3)OCC4)cn2)CC1.O=C(O)C(F)(F)F.O=C(O)C(F)(F)F. The highest BCUT2D eigenvalue weighted by Gasteiger charge is 2.39. The first kappa shape index (κ1) is 39.7. The summed E-state index contributed by atoms with van der Waals surface area (Å²) in [6.45, 7) is 3.08. The van der Waals surface area contributed by atoms with E-state index in [0.29, 0.717) is 56.0 Å². The zero-order chi connectivity index (χ0) is 38.9. The van der Waals surface area contributed by atoms with E-state index in [1.54, 1.807) is 11.1 Å². The zero-order valence-electron chi connectivity index (χ0n) is 27.1. The van der Waals surface area contributed by atoms with Gasteiger partial charge in [-0.2, -0.15) is 31.3 Å². The van der Waals surface area contributed by atoms with Crippen LogP contribution in [0, 0.1) is 0 Å². The summed E-state index contributed by atoms with van der Waals surface area (Å²) >= 11 is 6.37. The highest BCUT2D eigenvalue weighted by molar-refractivity contribution is 6.32. The number of rotatable bonds is 2. The Morgan fingerprint density at radius 1 is 0.811 bits per heavy atom. The minimum atomic E-state index is -5.08. The van der Waals surface area contributed by atoms with Gasteiger partial charge in [-0.25, -0.2) is 24.4 Å². The van der Waals surface area contributed by atoms with Crippen LogP contribution in [0.2, 0.25) is 5.02 Å². The van der Waals surface area contributed by atoms with Crippen LogP contribution in [0.1, 0.15) is 5.56 Å². The molecule has 1 fully saturated rings. The van der Waals surface area contributed by atoms with Crippen molar-refractivity contribution in [1.82, 2.24) is 19.9 Å². The number of carboxylic acid groups (broad SMARTS) is 2. The molecule has 21 heteroatoms. The van der Waals surface area contributed by atoms with E-state index in [1.165, 1.54) is 0 Å². The summed E-state index contributed by atoms with van der Waals surface area (Å²) in [5.41, 5.74) is 10.2. The van der Waals surface area contributed by atoms with Gasteiger partial charge in [0, 0.05) is 61.8 Å². The molecule has 0 unspecified atom stereocenters. The quantitative estimate of drug-likeness (QED) is 0.148. The first-order valence-electron chi connectivity index (χ1n) is 15.2. The highest BCUT2D eigenvalue weighted by Crippen LogP contribution is 2.31. The van der Waals surface area contributed by atoms with Gasteiger partial charge in [-0.3, -0.25) is 0 Å². The number of nitrogens with one attached hydrogen (secondary N) is 2. The molecule has 0 atom stereocenters. The molecule has 0 saturated carbocycles. The largest absolute Gasteiger partial charge is 0.493 e. The first-order chi connectivity index (χ1) is 24.9. The number of benzene rings is 2. The number of aliphatic carboxylic acids is 2. The molecule has 0 spiro atoms. The third-order valence-electron chi connectivity index (χ3n) is 7.23. The van der Waals surface area contributed by atoms with Crippen LogP contribution in [0.25, 0.3) is 11.1 Å². The zero-order valence-corrected chi connectivity index (χ0v) is 27.8. The minimum Gasteiger partial charge on any atom is -0.493 e. The molecule has 6 bridgehead atoms. The Balaban J connectivity index is 0.000000381. The van der Waals surface area contributed by atoms with Crippen LogP contribution in [0.15, 0.2) is 67.0 Å². The van der Waals surface area contributed by atoms with E-state index in [2.05, 4.69) is 43.7 Å². The van der Waals surface area contributed by atoms with Crippen molar-refractivity contribution in [1.29, 1.82) is 0 Å². The number of hydrogen-bond donors (Lipinski definition) is 5. The Bertz CT molecular complexity index is 1900. The molecule has 2 aromatic heterocycles. The maximum Gasteiger partial charge on any atom is 0.490 e. The van der Waals surface area contributed by atoms with E-state index in [-0.39, 0.29) is 6.03 Å². The third kappa shape index (κ3) is 11.7. The average Bonchev–Trinajstić information content (AvgIpc) is 3.09. The van der Waals surface area contributed by atoms with E-state index in [9.17, 15) is 31.1 Å². The van der Waals surface area contributed by atoms with Crippen molar-refractivity contribution in [2.45, 2.75) is 18.8 Å². The molecule has 2 aromatic carbocycles. The van der Waals surface area contributed by atoms with Gasteiger partial charge in [-0.15, -0.1) is 0 Å². The fraction of sp³-hybridized carbons (Fsp3) is 0.250. The smallest absolute Gasteiger partial charge is 0.490 e. The lowest BCUT2D eigenvalue weighted by Gasteiger charge is -2.34. The summed E-state index contributed by atoms with van der Waals surface area (Å²) in [7, 11) is 0. The molecule has 6 N–H and O–H groups in total. The second-order valence-corrected chi connectivity index (χ2v) is 11.4. The molecule has 4 aromatic rings. The van der Waals surface area contributed by atoms with Gasteiger partial charge in [0.1, 0.15) is 16.6 Å². The van der Waals surface area contributed by atoms with E-state index in [0.717, 1.165) is 39.6 Å². The number of carbonyl (C=O) groups is 3. The first-order valence-corrected chi connectivity index (χ1v) is 15.6. The summed E-state index contributed by atoms with van der Waals surface area (Å²) in [5.74, 6) is -2.96. The number of ether oxygens (including phenoxy) is 1. The normalized spacial score (nSPS) is 13.9. The monoisotopic (exact) mass is 770 g/mol. The fourth-order valence-corrected chi connectivity index (χ4v) is 4.84. The van der Waals surface area contributed by atoms with E-state index in [1.807, 2.05) is 42.6 Å². The number of urea groups is 1. The lowest BCUT2D eigenvalue weighted by molar-refractivity contribution is -0.193. The molecule has 1 saturated heterocycles. The summed E-state index contributed by atoms with van der Waals surface area (Å²) in [4.78, 5) is 46.7. The molecule has 6 rings (SSSR count). The number of hydrogen-bond acceptors (Lipinski definition) is 10. The Morgan fingerprint density at radius 3 is 2.06 bits per heavy atom. The third-order valence-corrected chi connectivity index (χ3v) is 7.51. The van der Waals surface area contributed by atoms with Gasteiger partial charge >= 0.3 is 30.3 Å². The molecule has 0 radical (unpaired) electrons. The van der Waals surface area contributed by atoms with Gasteiger partial charge in [0.2, 0.25) is 5.95 Å². The lowest BCUT2D eigenvalue weighted by Crippen LogP contribution is -2.50. The molecular formula is C32H29ClF6N8O6. The number of fused-ring (bicyclic) bond motifs is 6. The molecule has 0 aliphatic carbocycles. The number of piperazine rings is 1. The molecule has 2 aliphatic rings. The average molecular weight is 771 g/mol. The molecule has 282 valence electrons. The number of pyridine rings is 1. The van der Waals surface area contributed by atoms with Crippen molar-refractivity contribution < 1.29 is 55.7 Å². The van der Waals surface area contributed by atoms with Gasteiger partial charge in [0.25, 0.3) is 0 Å². The van der Waals surface area contributed by atoms with Crippen molar-refractivity contribution >= 4 is 58.5 Å². The number of primary amides is 1. The second kappa shape index (κ2) is 17.0. The van der Waals surface area contributed by atoms with Crippen LogP contribution in [-0.4, -0.2) is 93.2 Å². The Kier molecular flexibility index (Phi) is 12.7. The molecule has 14 nitrogen and oxygen atoms in total. The van der Waals surface area contributed by atoms with E-state index < -0.39 is 24.3 Å². The maximum atomic E-state index is 11.4. The minimum absolute atomic E-state index is 0.380. The number of nitrogens with two attached hydrogens (primary N) is 1. The number of halogens is 7. The Morgan fingerprint density at radius 2 is 1.47 bits per heavy atom. The molecule has 53 heavy (non-hydrogen) atoms. The number of carboxylic acids is 2. The van der Waals surface area contributed by atoms with Gasteiger partial charge < -0.3 is 41.1 Å². The second-order valence-electron chi connectivity index (χ2n) is 11.0. The molecule has 2 amide bonds. The predicted octanol–water partition coefficient (Wildman–Crippen LogP) is 6.08. The van der Waals surface area contributed by atoms with Crippen molar-refractivity contribution in [3.8, 4) is 16.9 Å². The van der Waals surface area contributed by atoms with E-state index >= 15 is 0 Å². The number of alkyl halides is 6. The number of amides is 2. The van der Waals surface area contributed by atoms with Gasteiger partial charge in [0.05, 0.1) is 12.8 Å². The van der Waals surface area contributed by atoms with E-state index in [4.69, 9.17) is 46.9 Å². The van der Waals surface area contributed by atoms with Crippen LogP contribution in [0.4, 0.5) is 60.1 Å². The summed E-state index contributed by atoms with van der Waals surface area (Å²) in [6.07, 6.45) is -6.01. The van der Waals surface area contributed by atoms with Gasteiger partial charge in [-0.05, 0) is 47.5 Å². The lowest BCUT2D eigenvalue weighted by atomic mass is 10.0. The van der Waals surface area contributed by atoms with Crippen molar-refractivity contribution in [3.05, 3.63) is 77.6 Å². The standard InChI is InChI=1S/C28H27ClN8O2.2C2HF3O2/c29-24-17-32-28-34-22-13-18(6-11-39-23-3-1-2-21(15-23)33-26(24)35-28)12-20(14-22)19-4-5-25(31-16-19)36-7-9-37(10-8-36)27(30)38;2*3-2(4,5)1(6)7/h1-5,12-17H,6-11H2,(H2,30,38)(H2,32,33,34,35);2*(H,6,7). The van der Waals surface area contributed by atoms with Crippen LogP contribution < -0.4 is 26.0 Å². The Hall–Kier alpha value is -6.05. The number of carbonyl (C=O) groups excluding carboxylic acids is 1. The summed E-state index contributed by atoms with van der Waals surface area (Å²) in [6, 6.07) is 17.7. The number of aromatic nitrogens is 3. The number of anilines is 5. The molecular weight excluding hydrogens is 742 g/mol. The topological polar surface area (TPSA) is 196 Å². The van der Waals surface area contributed by atoms with Gasteiger partial charge in [-0.1, -0.05) is 23.7 Å². The van der Waals surface area contributed by atoms with Crippen LogP contribution in [-0.2, 0) is 16.0 Å². The predicted molar refractivity (Wildman–Crippen MR) is 180 cm³/mol. The van der Waals surface area contributed by atoms with Crippen molar-refractivity contribution in [2.75, 3.05) is 48.3 Å². The molecule has 2 aliphatic heterocycles. The maximum absolute atomic E-state index is 11.4. The van der Waals surface area contributed by atoms with Crippen molar-refractivity contribution in [2.24, 2.45) is 5.73 Å². The van der Waals surface area contributed by atoms with Crippen molar-refractivity contribution in [3.63, 3.8) is 0 Å². The molecule has 4 heterocycles. The van der Waals surface area contributed by atoms with Crippen LogP contribution in [0.5, 0.6) is 5.75 Å². The Labute approximate surface area is 301 Å². The fourth-order valence-electron chi connectivity index (χ4n) is 4.71. The van der Waals surface area contributed by atoms with Crippen LogP contribution >= 0.6 is 11.6 Å². The highest BCUT2D eigenvalue weighted by atomic mass is 35.5. The summed E-state index contributed by atoms with van der Waals surface area (Å²) in [5, 5.41) is 21.2. The summed E-state index contributed by atoms with van der Waals surface area (Å²) < 4.78 is 69.5. The van der Waals surface area contributed by atoms with Crippen LogP contribution in [0.3, 0.4) is 0 Å². The van der Waals surface area contributed by atoms with Gasteiger partial charge in [0.15, 0.2) is 5.82 Å². The number of nitrogens with zero attached hydrogens (tertiary/aromatic N) is 5.